The van der Waals surface area contributed by atoms with E-state index in [2.05, 4.69) is 5.32 Å². The van der Waals surface area contributed by atoms with Crippen molar-refractivity contribution in [2.45, 2.75) is 44.8 Å². The van der Waals surface area contributed by atoms with Gasteiger partial charge >= 0.3 is 0 Å². The molecule has 1 unspecified atom stereocenters. The predicted octanol–water partition coefficient (Wildman–Crippen LogP) is 1.63. The summed E-state index contributed by atoms with van der Waals surface area (Å²) < 4.78 is 0. The van der Waals surface area contributed by atoms with Crippen LogP contribution in [-0.2, 0) is 16.1 Å². The summed E-state index contributed by atoms with van der Waals surface area (Å²) in [6.07, 6.45) is 1.74. The Morgan fingerprint density at radius 2 is 1.96 bits per heavy atom. The van der Waals surface area contributed by atoms with E-state index in [-0.39, 0.29) is 17.9 Å². The molecule has 5 nitrogen and oxygen atoms in total. The van der Waals surface area contributed by atoms with Gasteiger partial charge in [0.1, 0.15) is 0 Å². The Morgan fingerprint density at radius 3 is 2.57 bits per heavy atom. The first kappa shape index (κ1) is 17.5. The zero-order chi connectivity index (χ0) is 17.0. The predicted molar refractivity (Wildman–Crippen MR) is 90.8 cm³/mol. The molecule has 1 heterocycles. The molecule has 23 heavy (non-hydrogen) atoms. The summed E-state index contributed by atoms with van der Waals surface area (Å²) in [4.78, 5) is 28.8. The molecule has 1 saturated heterocycles. The van der Waals surface area contributed by atoms with Crippen LogP contribution in [0.1, 0.15) is 32.3 Å². The molecule has 126 valence electrons. The van der Waals surface area contributed by atoms with E-state index in [9.17, 15) is 9.59 Å². The second kappa shape index (κ2) is 7.13. The number of rotatable bonds is 5. The van der Waals surface area contributed by atoms with E-state index in [0.29, 0.717) is 6.54 Å². The van der Waals surface area contributed by atoms with E-state index in [1.165, 1.54) is 0 Å². The van der Waals surface area contributed by atoms with Crippen molar-refractivity contribution >= 4 is 11.8 Å². The van der Waals surface area contributed by atoms with Gasteiger partial charge in [-0.15, -0.1) is 0 Å². The van der Waals surface area contributed by atoms with Gasteiger partial charge in [-0.3, -0.25) is 14.5 Å². The molecular weight excluding hydrogens is 290 g/mol. The summed E-state index contributed by atoms with van der Waals surface area (Å²) >= 11 is 0. The summed E-state index contributed by atoms with van der Waals surface area (Å²) in [5, 5.41) is 2.71. The van der Waals surface area contributed by atoms with Crippen LogP contribution in [-0.4, -0.2) is 53.8 Å². The van der Waals surface area contributed by atoms with Crippen molar-refractivity contribution in [1.82, 2.24) is 15.1 Å². The van der Waals surface area contributed by atoms with Crippen molar-refractivity contribution in [1.29, 1.82) is 0 Å². The number of carbonyl (C=O) groups is 2. The van der Waals surface area contributed by atoms with Crippen LogP contribution < -0.4 is 5.32 Å². The molecule has 0 aliphatic carbocycles. The average Bonchev–Trinajstić information content (AvgIpc) is 3.04. The average molecular weight is 317 g/mol. The molecule has 2 rings (SSSR count). The molecule has 1 atom stereocenters. The molecule has 0 saturated carbocycles. The second-order valence-electron chi connectivity index (χ2n) is 6.67. The molecule has 0 spiro atoms. The highest BCUT2D eigenvalue weighted by atomic mass is 16.2. The van der Waals surface area contributed by atoms with Crippen molar-refractivity contribution in [3.05, 3.63) is 35.9 Å². The fraction of sp³-hybridized carbons (Fsp3) is 0.556. The molecule has 1 aromatic rings. The largest absolute Gasteiger partial charge is 0.358 e. The van der Waals surface area contributed by atoms with Gasteiger partial charge in [-0.25, -0.2) is 0 Å². The fourth-order valence-electron chi connectivity index (χ4n) is 3.32. The number of hydrogen-bond donors (Lipinski definition) is 1. The van der Waals surface area contributed by atoms with Gasteiger partial charge in [-0.1, -0.05) is 30.3 Å². The number of carbonyl (C=O) groups excluding carboxylic acids is 2. The van der Waals surface area contributed by atoms with Crippen LogP contribution in [0.5, 0.6) is 0 Å². The lowest BCUT2D eigenvalue weighted by atomic mass is 9.99. The van der Waals surface area contributed by atoms with Gasteiger partial charge in [-0.2, -0.15) is 0 Å². The molecule has 1 aromatic carbocycles. The maximum Gasteiger partial charge on any atom is 0.239 e. The number of benzene rings is 1. The molecule has 1 aliphatic heterocycles. The van der Waals surface area contributed by atoms with Gasteiger partial charge < -0.3 is 10.2 Å². The summed E-state index contributed by atoms with van der Waals surface area (Å²) in [7, 11) is 3.47. The van der Waals surface area contributed by atoms with E-state index in [0.717, 1.165) is 24.9 Å². The standard InChI is InChI=1S/C18H27N3O2/c1-18(2,17(23)19-3)21-12-8-11-15(21)16(22)20(4)13-14-9-6-5-7-10-14/h5-7,9-10,15H,8,11-13H2,1-4H3,(H,19,23). The minimum absolute atomic E-state index is 0.0529. The molecule has 0 aromatic heterocycles. The first-order valence-corrected chi connectivity index (χ1v) is 8.15. The molecule has 1 N–H and O–H groups in total. The van der Waals surface area contributed by atoms with Gasteiger partial charge in [0.25, 0.3) is 0 Å². The summed E-state index contributed by atoms with van der Waals surface area (Å²) in [5.41, 5.74) is 0.428. The third kappa shape index (κ3) is 3.72. The first-order chi connectivity index (χ1) is 10.9. The molecular formula is C18H27N3O2. The van der Waals surface area contributed by atoms with Crippen molar-refractivity contribution in [3.63, 3.8) is 0 Å². The Balaban J connectivity index is 2.09. The van der Waals surface area contributed by atoms with Crippen LogP contribution in [0, 0.1) is 0 Å². The van der Waals surface area contributed by atoms with E-state index in [4.69, 9.17) is 0 Å². The van der Waals surface area contributed by atoms with E-state index >= 15 is 0 Å². The molecule has 1 fully saturated rings. The third-order valence-electron chi connectivity index (χ3n) is 4.68. The summed E-state index contributed by atoms with van der Waals surface area (Å²) in [6, 6.07) is 9.73. The van der Waals surface area contributed by atoms with Gasteiger partial charge in [0.05, 0.1) is 11.6 Å². The molecule has 0 bridgehead atoms. The zero-order valence-corrected chi connectivity index (χ0v) is 14.5. The maximum absolute atomic E-state index is 12.9. The van der Waals surface area contributed by atoms with E-state index < -0.39 is 5.54 Å². The summed E-state index contributed by atoms with van der Waals surface area (Å²) in [5.74, 6) is 0.0336. The summed E-state index contributed by atoms with van der Waals surface area (Å²) in [6.45, 7) is 5.13. The van der Waals surface area contributed by atoms with E-state index in [1.54, 1.807) is 11.9 Å². The Labute approximate surface area is 138 Å². The van der Waals surface area contributed by atoms with Crippen LogP contribution in [0.25, 0.3) is 0 Å². The van der Waals surface area contributed by atoms with E-state index in [1.807, 2.05) is 56.1 Å². The Morgan fingerprint density at radius 1 is 1.30 bits per heavy atom. The second-order valence-corrected chi connectivity index (χ2v) is 6.67. The van der Waals surface area contributed by atoms with Crippen molar-refractivity contribution in [2.75, 3.05) is 20.6 Å². The van der Waals surface area contributed by atoms with Crippen molar-refractivity contribution in [2.24, 2.45) is 0 Å². The highest BCUT2D eigenvalue weighted by molar-refractivity contribution is 5.87. The molecule has 2 amide bonds. The normalized spacial score (nSPS) is 18.7. The number of hydrogen-bond acceptors (Lipinski definition) is 3. The number of likely N-dealkylation sites (N-methyl/N-ethyl adjacent to an activating group) is 2. The van der Waals surface area contributed by atoms with Crippen molar-refractivity contribution in [3.8, 4) is 0 Å². The maximum atomic E-state index is 12.9. The molecule has 5 heteroatoms. The van der Waals surface area contributed by atoms with Gasteiger partial charge in [0.2, 0.25) is 11.8 Å². The van der Waals surface area contributed by atoms with Crippen LogP contribution in [0.15, 0.2) is 30.3 Å². The lowest BCUT2D eigenvalue weighted by Gasteiger charge is -2.38. The van der Waals surface area contributed by atoms with Crippen LogP contribution in [0.3, 0.4) is 0 Å². The number of nitrogens with one attached hydrogen (secondary N) is 1. The minimum Gasteiger partial charge on any atom is -0.358 e. The number of amides is 2. The third-order valence-corrected chi connectivity index (χ3v) is 4.68. The molecule has 1 aliphatic rings. The van der Waals surface area contributed by atoms with Gasteiger partial charge in [0, 0.05) is 27.2 Å². The monoisotopic (exact) mass is 317 g/mol. The number of likely N-dealkylation sites (tertiary alicyclic amines) is 1. The lowest BCUT2D eigenvalue weighted by Crippen LogP contribution is -2.59. The van der Waals surface area contributed by atoms with Gasteiger partial charge in [-0.05, 0) is 32.3 Å². The highest BCUT2D eigenvalue weighted by Gasteiger charge is 2.44. The minimum atomic E-state index is -0.681. The van der Waals surface area contributed by atoms with Crippen molar-refractivity contribution < 1.29 is 9.59 Å². The topological polar surface area (TPSA) is 52.7 Å². The van der Waals surface area contributed by atoms with Crippen LogP contribution >= 0.6 is 0 Å². The Bertz CT molecular complexity index is 557. The molecule has 0 radical (unpaired) electrons. The highest BCUT2D eigenvalue weighted by Crippen LogP contribution is 2.28. The van der Waals surface area contributed by atoms with Gasteiger partial charge in [0.15, 0.2) is 0 Å². The fourth-order valence-corrected chi connectivity index (χ4v) is 3.32. The van der Waals surface area contributed by atoms with Crippen LogP contribution in [0.2, 0.25) is 0 Å². The smallest absolute Gasteiger partial charge is 0.239 e. The first-order valence-electron chi connectivity index (χ1n) is 8.15. The zero-order valence-electron chi connectivity index (χ0n) is 14.5. The van der Waals surface area contributed by atoms with Crippen LogP contribution in [0.4, 0.5) is 0 Å². The SMILES string of the molecule is CNC(=O)C(C)(C)N1CCCC1C(=O)N(C)Cc1ccccc1. The Hall–Kier alpha value is -1.88. The quantitative estimate of drug-likeness (QED) is 0.898. The lowest BCUT2D eigenvalue weighted by molar-refractivity contribution is -0.141. The number of nitrogens with zero attached hydrogens (tertiary/aromatic N) is 2. The Kier molecular flexibility index (Phi) is 5.42.